The van der Waals surface area contributed by atoms with Crippen LogP contribution in [0.2, 0.25) is 0 Å². The Morgan fingerprint density at radius 2 is 2.04 bits per heavy atom. The molecule has 1 atom stereocenters. The van der Waals surface area contributed by atoms with Gasteiger partial charge in [0.2, 0.25) is 5.89 Å². The normalized spacial score (nSPS) is 17.2. The molecule has 2 aromatic heterocycles. The predicted octanol–water partition coefficient (Wildman–Crippen LogP) is 3.79. The van der Waals surface area contributed by atoms with Crippen molar-refractivity contribution in [3.8, 4) is 10.8 Å². The number of likely N-dealkylation sites (tertiary alicyclic amines) is 1. The Morgan fingerprint density at radius 3 is 2.76 bits per heavy atom. The molecule has 3 heterocycles. The molecule has 1 amide bonds. The van der Waals surface area contributed by atoms with Crippen molar-refractivity contribution in [1.82, 2.24) is 20.1 Å². The molecule has 1 aromatic carbocycles. The van der Waals surface area contributed by atoms with E-state index in [4.69, 9.17) is 4.42 Å². The second-order valence-corrected chi connectivity index (χ2v) is 7.09. The van der Waals surface area contributed by atoms with Crippen molar-refractivity contribution >= 4 is 17.2 Å². The van der Waals surface area contributed by atoms with Crippen LogP contribution < -0.4 is 0 Å². The molecular formula is C18H18N4O2S. The molecule has 3 aromatic rings. The van der Waals surface area contributed by atoms with Crippen LogP contribution in [0.5, 0.6) is 0 Å². The van der Waals surface area contributed by atoms with Crippen molar-refractivity contribution < 1.29 is 9.21 Å². The lowest BCUT2D eigenvalue weighted by molar-refractivity contribution is 0.0716. The van der Waals surface area contributed by atoms with Crippen LogP contribution in [-0.4, -0.2) is 32.5 Å². The third kappa shape index (κ3) is 2.95. The number of aryl methyl sites for hydroxylation is 2. The average Bonchev–Trinajstić information content (AvgIpc) is 3.34. The molecule has 1 aliphatic rings. The van der Waals surface area contributed by atoms with Gasteiger partial charge in [0.1, 0.15) is 10.9 Å². The maximum absolute atomic E-state index is 12.9. The largest absolute Gasteiger partial charge is 0.418 e. The Hall–Kier alpha value is -2.54. The van der Waals surface area contributed by atoms with Crippen LogP contribution in [-0.2, 0) is 0 Å². The first-order chi connectivity index (χ1) is 12.1. The highest BCUT2D eigenvalue weighted by molar-refractivity contribution is 7.13. The first kappa shape index (κ1) is 16.0. The number of thiazole rings is 1. The molecule has 1 saturated heterocycles. The average molecular weight is 354 g/mol. The number of carbonyl (C=O) groups excluding carboxylic acids is 1. The van der Waals surface area contributed by atoms with Gasteiger partial charge in [-0.25, -0.2) is 4.98 Å². The van der Waals surface area contributed by atoms with E-state index >= 15 is 0 Å². The van der Waals surface area contributed by atoms with E-state index in [1.807, 2.05) is 43.0 Å². The third-order valence-corrected chi connectivity index (χ3v) is 5.39. The summed E-state index contributed by atoms with van der Waals surface area (Å²) in [7, 11) is 0. The summed E-state index contributed by atoms with van der Waals surface area (Å²) in [6.45, 7) is 4.63. The standard InChI is InChI=1S/C18H18N4O2S/c1-11-5-7-13(8-6-11)18(23)22-9-3-4-14(22)16-20-21-17(24-16)15-12(2)19-10-25-15/h5-8,10,14H,3-4,9H2,1-2H3/t14-/m0/s1. The zero-order chi connectivity index (χ0) is 17.4. The number of carbonyl (C=O) groups is 1. The molecule has 1 fully saturated rings. The van der Waals surface area contributed by atoms with Crippen molar-refractivity contribution in [3.63, 3.8) is 0 Å². The lowest BCUT2D eigenvalue weighted by Crippen LogP contribution is -2.30. The number of amides is 1. The summed E-state index contributed by atoms with van der Waals surface area (Å²) in [5, 5.41) is 8.36. The highest BCUT2D eigenvalue weighted by atomic mass is 32.1. The van der Waals surface area contributed by atoms with Crippen LogP contribution in [0.25, 0.3) is 10.8 Å². The molecule has 25 heavy (non-hydrogen) atoms. The van der Waals surface area contributed by atoms with Gasteiger partial charge in [-0.2, -0.15) is 0 Å². The topological polar surface area (TPSA) is 72.1 Å². The van der Waals surface area contributed by atoms with Crippen LogP contribution in [0.4, 0.5) is 0 Å². The summed E-state index contributed by atoms with van der Waals surface area (Å²) in [6.07, 6.45) is 1.76. The Bertz CT molecular complexity index is 900. The lowest BCUT2D eigenvalue weighted by Gasteiger charge is -2.22. The number of nitrogens with zero attached hydrogens (tertiary/aromatic N) is 4. The minimum Gasteiger partial charge on any atom is -0.418 e. The van der Waals surface area contributed by atoms with Gasteiger partial charge in [-0.3, -0.25) is 4.79 Å². The highest BCUT2D eigenvalue weighted by Crippen LogP contribution is 2.34. The molecule has 0 bridgehead atoms. The summed E-state index contributed by atoms with van der Waals surface area (Å²) < 4.78 is 5.88. The van der Waals surface area contributed by atoms with E-state index in [2.05, 4.69) is 15.2 Å². The Kier molecular flexibility index (Phi) is 4.09. The lowest BCUT2D eigenvalue weighted by atomic mass is 10.1. The quantitative estimate of drug-likeness (QED) is 0.715. The van der Waals surface area contributed by atoms with Gasteiger partial charge in [0.05, 0.1) is 11.2 Å². The number of hydrogen-bond acceptors (Lipinski definition) is 6. The second kappa shape index (κ2) is 6.40. The number of hydrogen-bond donors (Lipinski definition) is 0. The van der Waals surface area contributed by atoms with Gasteiger partial charge in [0.15, 0.2) is 0 Å². The molecule has 0 saturated carbocycles. The van der Waals surface area contributed by atoms with Crippen molar-refractivity contribution in [3.05, 3.63) is 52.5 Å². The molecule has 128 valence electrons. The fourth-order valence-electron chi connectivity index (χ4n) is 3.10. The molecular weight excluding hydrogens is 336 g/mol. The Morgan fingerprint density at radius 1 is 1.24 bits per heavy atom. The van der Waals surface area contributed by atoms with E-state index in [9.17, 15) is 4.79 Å². The maximum atomic E-state index is 12.9. The third-order valence-electron chi connectivity index (χ3n) is 4.48. The summed E-state index contributed by atoms with van der Waals surface area (Å²) in [5.41, 5.74) is 4.46. The first-order valence-electron chi connectivity index (χ1n) is 8.25. The summed E-state index contributed by atoms with van der Waals surface area (Å²) >= 11 is 1.48. The van der Waals surface area contributed by atoms with E-state index < -0.39 is 0 Å². The van der Waals surface area contributed by atoms with Gasteiger partial charge in [-0.15, -0.1) is 21.5 Å². The summed E-state index contributed by atoms with van der Waals surface area (Å²) in [4.78, 5) is 19.8. The Balaban J connectivity index is 1.59. The van der Waals surface area contributed by atoms with Gasteiger partial charge in [-0.05, 0) is 38.8 Å². The maximum Gasteiger partial charge on any atom is 0.259 e. The number of rotatable bonds is 3. The van der Waals surface area contributed by atoms with E-state index in [-0.39, 0.29) is 11.9 Å². The molecule has 7 heteroatoms. The zero-order valence-corrected chi connectivity index (χ0v) is 14.9. The molecule has 0 radical (unpaired) electrons. The van der Waals surface area contributed by atoms with Gasteiger partial charge >= 0.3 is 0 Å². The van der Waals surface area contributed by atoms with Gasteiger partial charge in [0, 0.05) is 12.1 Å². The van der Waals surface area contributed by atoms with E-state index in [1.165, 1.54) is 11.3 Å². The molecule has 1 aliphatic heterocycles. The molecule has 0 N–H and O–H groups in total. The summed E-state index contributed by atoms with van der Waals surface area (Å²) in [5.74, 6) is 0.988. The first-order valence-corrected chi connectivity index (χ1v) is 9.13. The predicted molar refractivity (Wildman–Crippen MR) is 94.3 cm³/mol. The van der Waals surface area contributed by atoms with Crippen molar-refractivity contribution in [2.24, 2.45) is 0 Å². The number of benzene rings is 1. The number of aromatic nitrogens is 3. The fraction of sp³-hybridized carbons (Fsp3) is 0.333. The molecule has 4 rings (SSSR count). The van der Waals surface area contributed by atoms with Crippen LogP contribution in [0, 0.1) is 13.8 Å². The highest BCUT2D eigenvalue weighted by Gasteiger charge is 2.34. The molecule has 0 spiro atoms. The van der Waals surface area contributed by atoms with Crippen LogP contribution >= 0.6 is 11.3 Å². The van der Waals surface area contributed by atoms with Crippen LogP contribution in [0.15, 0.2) is 34.2 Å². The minimum atomic E-state index is -0.164. The van der Waals surface area contributed by atoms with Gasteiger partial charge < -0.3 is 9.32 Å². The fourth-order valence-corrected chi connectivity index (χ4v) is 3.82. The van der Waals surface area contributed by atoms with E-state index in [0.717, 1.165) is 29.0 Å². The SMILES string of the molecule is Cc1ccc(C(=O)N2CCC[C@H]2c2nnc(-c3scnc3C)o2)cc1. The monoisotopic (exact) mass is 354 g/mol. The molecule has 6 nitrogen and oxygen atoms in total. The molecule has 0 aliphatic carbocycles. The van der Waals surface area contributed by atoms with Crippen molar-refractivity contribution in [2.45, 2.75) is 32.7 Å². The van der Waals surface area contributed by atoms with Crippen molar-refractivity contribution in [1.29, 1.82) is 0 Å². The molecule has 0 unspecified atom stereocenters. The van der Waals surface area contributed by atoms with E-state index in [0.29, 0.717) is 23.9 Å². The zero-order valence-electron chi connectivity index (χ0n) is 14.1. The van der Waals surface area contributed by atoms with E-state index in [1.54, 1.807) is 5.51 Å². The second-order valence-electron chi connectivity index (χ2n) is 6.23. The van der Waals surface area contributed by atoms with Crippen LogP contribution in [0.3, 0.4) is 0 Å². The van der Waals surface area contributed by atoms with Gasteiger partial charge in [-0.1, -0.05) is 17.7 Å². The summed E-state index contributed by atoms with van der Waals surface area (Å²) in [6, 6.07) is 7.48. The van der Waals surface area contributed by atoms with Gasteiger partial charge in [0.25, 0.3) is 11.8 Å². The van der Waals surface area contributed by atoms with Crippen LogP contribution in [0.1, 0.15) is 46.4 Å². The van der Waals surface area contributed by atoms with Crippen molar-refractivity contribution in [2.75, 3.05) is 6.54 Å². The minimum absolute atomic E-state index is 0.0104. The smallest absolute Gasteiger partial charge is 0.259 e. The Labute approximate surface area is 149 Å².